The fraction of sp³-hybridized carbons (Fsp3) is 0.500. The first-order valence-corrected chi connectivity index (χ1v) is 8.75. The lowest BCUT2D eigenvalue weighted by atomic mass is 10.1. The van der Waals surface area contributed by atoms with Crippen LogP contribution in [0, 0.1) is 0 Å². The SMILES string of the molecule is O=C(Cc1coc(-c2cccs2)n1)N1CC(N2CCOCC2)C1. The maximum Gasteiger partial charge on any atom is 0.236 e. The number of morpholine rings is 1. The van der Waals surface area contributed by atoms with Crippen molar-refractivity contribution in [2.24, 2.45) is 0 Å². The van der Waals surface area contributed by atoms with E-state index in [0.29, 0.717) is 24.0 Å². The lowest BCUT2D eigenvalue weighted by Crippen LogP contribution is -2.63. The van der Waals surface area contributed by atoms with Crippen LogP contribution < -0.4 is 0 Å². The van der Waals surface area contributed by atoms with Gasteiger partial charge in [0.15, 0.2) is 0 Å². The lowest BCUT2D eigenvalue weighted by Gasteiger charge is -2.46. The highest BCUT2D eigenvalue weighted by atomic mass is 32.1. The number of nitrogens with zero attached hydrogens (tertiary/aromatic N) is 3. The topological polar surface area (TPSA) is 58.8 Å². The van der Waals surface area contributed by atoms with Crippen LogP contribution in [-0.2, 0) is 16.0 Å². The average molecular weight is 333 g/mol. The van der Waals surface area contributed by atoms with Gasteiger partial charge >= 0.3 is 0 Å². The van der Waals surface area contributed by atoms with E-state index in [-0.39, 0.29) is 5.91 Å². The minimum absolute atomic E-state index is 0.125. The van der Waals surface area contributed by atoms with Crippen molar-refractivity contribution in [3.8, 4) is 10.8 Å². The minimum atomic E-state index is 0.125. The fourth-order valence-corrected chi connectivity index (χ4v) is 3.66. The first kappa shape index (κ1) is 14.9. The van der Waals surface area contributed by atoms with Crippen molar-refractivity contribution in [2.75, 3.05) is 39.4 Å². The molecule has 0 spiro atoms. The maximum absolute atomic E-state index is 12.3. The number of hydrogen-bond acceptors (Lipinski definition) is 6. The summed E-state index contributed by atoms with van der Waals surface area (Å²) in [7, 11) is 0. The first-order chi connectivity index (χ1) is 11.3. The second kappa shape index (κ2) is 6.43. The number of hydrogen-bond donors (Lipinski definition) is 0. The molecule has 122 valence electrons. The van der Waals surface area contributed by atoms with E-state index in [9.17, 15) is 4.79 Å². The Bertz CT molecular complexity index is 658. The van der Waals surface area contributed by atoms with Crippen molar-refractivity contribution >= 4 is 17.2 Å². The second-order valence-electron chi connectivity index (χ2n) is 5.90. The molecule has 0 radical (unpaired) electrons. The average Bonchev–Trinajstić information content (AvgIpc) is 3.17. The molecule has 2 saturated heterocycles. The molecule has 7 heteroatoms. The normalized spacial score (nSPS) is 19.7. The Balaban J connectivity index is 1.29. The summed E-state index contributed by atoms with van der Waals surface area (Å²) < 4.78 is 10.8. The number of thiophene rings is 1. The predicted molar refractivity (Wildman–Crippen MR) is 86.3 cm³/mol. The summed E-state index contributed by atoms with van der Waals surface area (Å²) in [5, 5.41) is 1.98. The minimum Gasteiger partial charge on any atom is -0.444 e. The second-order valence-corrected chi connectivity index (χ2v) is 6.85. The molecule has 2 aliphatic heterocycles. The third-order valence-corrected chi connectivity index (χ3v) is 5.25. The van der Waals surface area contributed by atoms with Crippen molar-refractivity contribution in [3.05, 3.63) is 29.5 Å². The summed E-state index contributed by atoms with van der Waals surface area (Å²) in [6, 6.07) is 4.41. The Labute approximate surface area is 138 Å². The van der Waals surface area contributed by atoms with Gasteiger partial charge in [0, 0.05) is 32.2 Å². The molecule has 0 atom stereocenters. The molecule has 4 heterocycles. The summed E-state index contributed by atoms with van der Waals surface area (Å²) in [5.74, 6) is 0.721. The number of carbonyl (C=O) groups is 1. The quantitative estimate of drug-likeness (QED) is 0.848. The number of aromatic nitrogens is 1. The molecule has 0 aromatic carbocycles. The summed E-state index contributed by atoms with van der Waals surface area (Å²) in [6.07, 6.45) is 1.90. The van der Waals surface area contributed by atoms with Crippen molar-refractivity contribution < 1.29 is 13.9 Å². The van der Waals surface area contributed by atoms with Crippen LogP contribution in [0.4, 0.5) is 0 Å². The standard InChI is InChI=1S/C16H19N3O3S/c20-15(19-9-13(10-19)18-3-5-21-6-4-18)8-12-11-22-16(17-12)14-2-1-7-23-14/h1-2,7,11,13H,3-6,8-10H2. The van der Waals surface area contributed by atoms with Gasteiger partial charge in [-0.05, 0) is 11.4 Å². The number of ether oxygens (including phenoxy) is 1. The molecule has 4 rings (SSSR count). The summed E-state index contributed by atoms with van der Waals surface area (Å²) in [6.45, 7) is 5.17. The third kappa shape index (κ3) is 3.17. The number of rotatable bonds is 4. The molecule has 2 fully saturated rings. The summed E-state index contributed by atoms with van der Waals surface area (Å²) in [4.78, 5) is 22.0. The number of carbonyl (C=O) groups excluding carboxylic acids is 1. The zero-order valence-corrected chi connectivity index (χ0v) is 13.6. The van der Waals surface area contributed by atoms with Gasteiger partial charge in [0.1, 0.15) is 6.26 Å². The van der Waals surface area contributed by atoms with Gasteiger partial charge in [0.05, 0.1) is 30.2 Å². The van der Waals surface area contributed by atoms with E-state index >= 15 is 0 Å². The Kier molecular flexibility index (Phi) is 4.15. The Morgan fingerprint density at radius 2 is 2.17 bits per heavy atom. The predicted octanol–water partition coefficient (Wildman–Crippen LogP) is 1.49. The smallest absolute Gasteiger partial charge is 0.236 e. The highest BCUT2D eigenvalue weighted by Gasteiger charge is 2.35. The molecule has 0 saturated carbocycles. The first-order valence-electron chi connectivity index (χ1n) is 7.87. The molecule has 0 bridgehead atoms. The van der Waals surface area contributed by atoms with E-state index in [1.54, 1.807) is 17.6 Å². The lowest BCUT2D eigenvalue weighted by molar-refractivity contribution is -0.139. The Morgan fingerprint density at radius 3 is 2.91 bits per heavy atom. The van der Waals surface area contributed by atoms with Crippen LogP contribution in [0.2, 0.25) is 0 Å². The zero-order chi connectivity index (χ0) is 15.6. The number of likely N-dealkylation sites (tertiary alicyclic amines) is 1. The third-order valence-electron chi connectivity index (χ3n) is 4.39. The van der Waals surface area contributed by atoms with E-state index < -0.39 is 0 Å². The van der Waals surface area contributed by atoms with Crippen LogP contribution in [0.1, 0.15) is 5.69 Å². The van der Waals surface area contributed by atoms with Crippen molar-refractivity contribution in [3.63, 3.8) is 0 Å². The molecule has 0 aliphatic carbocycles. The van der Waals surface area contributed by atoms with E-state index in [0.717, 1.165) is 44.3 Å². The fourth-order valence-electron chi connectivity index (χ4n) is 3.00. The van der Waals surface area contributed by atoms with Crippen LogP contribution in [-0.4, -0.2) is 66.1 Å². The monoisotopic (exact) mass is 333 g/mol. The molecule has 2 aliphatic rings. The van der Waals surface area contributed by atoms with Gasteiger partial charge in [-0.3, -0.25) is 9.69 Å². The van der Waals surface area contributed by atoms with Crippen LogP contribution in [0.3, 0.4) is 0 Å². The molecule has 0 unspecified atom stereocenters. The van der Waals surface area contributed by atoms with Gasteiger partial charge in [-0.2, -0.15) is 0 Å². The largest absolute Gasteiger partial charge is 0.444 e. The van der Waals surface area contributed by atoms with Crippen molar-refractivity contribution in [1.82, 2.24) is 14.8 Å². The molecule has 23 heavy (non-hydrogen) atoms. The van der Waals surface area contributed by atoms with Gasteiger partial charge in [-0.25, -0.2) is 4.98 Å². The molecule has 2 aromatic rings. The summed E-state index contributed by atoms with van der Waals surface area (Å²) >= 11 is 1.58. The van der Waals surface area contributed by atoms with Crippen LogP contribution >= 0.6 is 11.3 Å². The molecule has 6 nitrogen and oxygen atoms in total. The van der Waals surface area contributed by atoms with Gasteiger partial charge in [-0.1, -0.05) is 6.07 Å². The Hall–Kier alpha value is -1.70. The van der Waals surface area contributed by atoms with Crippen molar-refractivity contribution in [1.29, 1.82) is 0 Å². The van der Waals surface area contributed by atoms with Gasteiger partial charge < -0.3 is 14.1 Å². The molecular formula is C16H19N3O3S. The van der Waals surface area contributed by atoms with Gasteiger partial charge in [0.2, 0.25) is 11.8 Å². The van der Waals surface area contributed by atoms with E-state index in [4.69, 9.17) is 9.15 Å². The highest BCUT2D eigenvalue weighted by molar-refractivity contribution is 7.13. The molecule has 1 amide bonds. The van der Waals surface area contributed by atoms with Gasteiger partial charge in [-0.15, -0.1) is 11.3 Å². The highest BCUT2D eigenvalue weighted by Crippen LogP contribution is 2.24. The Morgan fingerprint density at radius 1 is 1.35 bits per heavy atom. The van der Waals surface area contributed by atoms with Crippen molar-refractivity contribution in [2.45, 2.75) is 12.5 Å². The van der Waals surface area contributed by atoms with E-state index in [1.165, 1.54) is 0 Å². The maximum atomic E-state index is 12.3. The molecular weight excluding hydrogens is 314 g/mol. The number of amides is 1. The van der Waals surface area contributed by atoms with E-state index in [1.807, 2.05) is 22.4 Å². The van der Waals surface area contributed by atoms with Gasteiger partial charge in [0.25, 0.3) is 0 Å². The summed E-state index contributed by atoms with van der Waals surface area (Å²) in [5.41, 5.74) is 0.702. The zero-order valence-electron chi connectivity index (χ0n) is 12.8. The molecule has 0 N–H and O–H groups in total. The van der Waals surface area contributed by atoms with Crippen LogP contribution in [0.25, 0.3) is 10.8 Å². The van der Waals surface area contributed by atoms with Crippen LogP contribution in [0.15, 0.2) is 28.2 Å². The number of oxazole rings is 1. The van der Waals surface area contributed by atoms with Crippen LogP contribution in [0.5, 0.6) is 0 Å². The van der Waals surface area contributed by atoms with E-state index in [2.05, 4.69) is 9.88 Å². The molecule has 2 aromatic heterocycles.